The van der Waals surface area contributed by atoms with Crippen LogP contribution in [0.3, 0.4) is 0 Å². The molecular formula is C21H29N3O5. The van der Waals surface area contributed by atoms with Gasteiger partial charge in [0.1, 0.15) is 18.2 Å². The van der Waals surface area contributed by atoms with E-state index in [1.165, 1.54) is 0 Å². The second-order valence-electron chi connectivity index (χ2n) is 7.61. The monoisotopic (exact) mass is 403 g/mol. The van der Waals surface area contributed by atoms with E-state index < -0.39 is 24.3 Å². The molecule has 0 radical (unpaired) electrons. The molecule has 8 nitrogen and oxygen atoms in total. The van der Waals surface area contributed by atoms with Crippen LogP contribution in [0.4, 0.5) is 4.79 Å². The van der Waals surface area contributed by atoms with E-state index in [1.54, 1.807) is 9.80 Å². The average molecular weight is 403 g/mol. The minimum absolute atomic E-state index is 0.196. The van der Waals surface area contributed by atoms with Gasteiger partial charge in [0.25, 0.3) is 0 Å². The van der Waals surface area contributed by atoms with Gasteiger partial charge in [-0.25, -0.2) is 4.79 Å². The number of piperidine rings is 1. The topological polar surface area (TPSA) is 99.2 Å². The van der Waals surface area contributed by atoms with Crippen molar-refractivity contribution in [1.82, 2.24) is 15.1 Å². The number of hydrogen-bond donors (Lipinski definition) is 2. The number of likely N-dealkylation sites (tertiary alicyclic amines) is 1. The molecule has 2 N–H and O–H groups in total. The molecule has 2 fully saturated rings. The number of nitrogens with zero attached hydrogens (tertiary/aromatic N) is 2. The zero-order chi connectivity index (χ0) is 20.9. The molecule has 2 aliphatic rings. The van der Waals surface area contributed by atoms with Crippen molar-refractivity contribution in [2.24, 2.45) is 0 Å². The normalized spacial score (nSPS) is 21.2. The summed E-state index contributed by atoms with van der Waals surface area (Å²) in [6, 6.07) is 8.56. The zero-order valence-electron chi connectivity index (χ0n) is 16.8. The van der Waals surface area contributed by atoms with Crippen molar-refractivity contribution in [3.05, 3.63) is 35.9 Å². The molecular weight excluding hydrogens is 374 g/mol. The Bertz CT molecular complexity index is 731. The van der Waals surface area contributed by atoms with Crippen molar-refractivity contribution < 1.29 is 24.2 Å². The molecule has 1 aromatic carbocycles. The maximum Gasteiger partial charge on any atom is 0.410 e. The Hall–Kier alpha value is -2.61. The van der Waals surface area contributed by atoms with Gasteiger partial charge in [0.2, 0.25) is 11.8 Å². The number of benzene rings is 1. The van der Waals surface area contributed by atoms with Crippen molar-refractivity contribution >= 4 is 17.9 Å². The fraction of sp³-hybridized carbons (Fsp3) is 0.571. The largest absolute Gasteiger partial charge is 0.445 e. The number of amides is 3. The first kappa shape index (κ1) is 21.1. The fourth-order valence-corrected chi connectivity index (χ4v) is 4.01. The van der Waals surface area contributed by atoms with E-state index in [2.05, 4.69) is 5.32 Å². The Morgan fingerprint density at radius 2 is 1.93 bits per heavy atom. The number of aliphatic hydroxyl groups is 1. The third kappa shape index (κ3) is 4.37. The van der Waals surface area contributed by atoms with E-state index in [4.69, 9.17) is 4.74 Å². The van der Waals surface area contributed by atoms with E-state index in [1.807, 2.05) is 37.3 Å². The zero-order valence-corrected chi connectivity index (χ0v) is 16.8. The quantitative estimate of drug-likeness (QED) is 0.745. The van der Waals surface area contributed by atoms with Crippen LogP contribution >= 0.6 is 0 Å². The van der Waals surface area contributed by atoms with Crippen molar-refractivity contribution in [2.45, 2.75) is 50.8 Å². The number of piperazine rings is 1. The molecule has 29 heavy (non-hydrogen) atoms. The third-order valence-corrected chi connectivity index (χ3v) is 5.78. The Morgan fingerprint density at radius 1 is 1.24 bits per heavy atom. The van der Waals surface area contributed by atoms with Crippen LogP contribution in [-0.2, 0) is 20.9 Å². The summed E-state index contributed by atoms with van der Waals surface area (Å²) in [7, 11) is 0. The summed E-state index contributed by atoms with van der Waals surface area (Å²) >= 11 is 0. The highest BCUT2D eigenvalue weighted by molar-refractivity contribution is 6.00. The maximum atomic E-state index is 12.9. The predicted molar refractivity (Wildman–Crippen MR) is 106 cm³/mol. The van der Waals surface area contributed by atoms with E-state index in [9.17, 15) is 19.5 Å². The molecule has 0 aromatic heterocycles. The average Bonchev–Trinajstić information content (AvgIpc) is 2.76. The number of unbranched alkanes of at least 4 members (excludes halogenated alkanes) is 1. The predicted octanol–water partition coefficient (Wildman–Crippen LogP) is 1.28. The van der Waals surface area contributed by atoms with Gasteiger partial charge in [-0.1, -0.05) is 43.7 Å². The molecule has 1 spiro atoms. The van der Waals surface area contributed by atoms with Crippen molar-refractivity contribution in [1.29, 1.82) is 0 Å². The molecule has 1 atom stereocenters. The third-order valence-electron chi connectivity index (χ3n) is 5.78. The summed E-state index contributed by atoms with van der Waals surface area (Å²) in [5.74, 6) is -0.495. The lowest BCUT2D eigenvalue weighted by molar-refractivity contribution is -0.162. The Morgan fingerprint density at radius 3 is 2.55 bits per heavy atom. The molecule has 158 valence electrons. The Balaban J connectivity index is 1.64. The highest BCUT2D eigenvalue weighted by atomic mass is 16.6. The van der Waals surface area contributed by atoms with Crippen LogP contribution in [0.25, 0.3) is 0 Å². The molecule has 3 amide bonds. The lowest BCUT2D eigenvalue weighted by Gasteiger charge is -2.51. The summed E-state index contributed by atoms with van der Waals surface area (Å²) in [5.41, 5.74) is -0.0546. The summed E-state index contributed by atoms with van der Waals surface area (Å²) in [6.07, 6.45) is 1.96. The summed E-state index contributed by atoms with van der Waals surface area (Å²) in [6.45, 7) is 2.94. The van der Waals surface area contributed by atoms with Gasteiger partial charge in [-0.3, -0.25) is 9.59 Å². The number of aliphatic hydroxyl groups excluding tert-OH is 1. The van der Waals surface area contributed by atoms with E-state index >= 15 is 0 Å². The van der Waals surface area contributed by atoms with E-state index in [-0.39, 0.29) is 18.4 Å². The Kier molecular flexibility index (Phi) is 6.74. The van der Waals surface area contributed by atoms with Gasteiger partial charge in [-0.2, -0.15) is 0 Å². The molecule has 1 aromatic rings. The number of rotatable bonds is 6. The number of ether oxygens (including phenoxy) is 1. The van der Waals surface area contributed by atoms with Crippen LogP contribution in [-0.4, -0.2) is 70.6 Å². The number of carbonyl (C=O) groups is 3. The van der Waals surface area contributed by atoms with Gasteiger partial charge in [-0.05, 0) is 24.8 Å². The molecule has 8 heteroatoms. The first-order valence-electron chi connectivity index (χ1n) is 10.2. The van der Waals surface area contributed by atoms with E-state index in [0.717, 1.165) is 18.4 Å². The second kappa shape index (κ2) is 9.26. The van der Waals surface area contributed by atoms with Gasteiger partial charge in [0.05, 0.1) is 6.61 Å². The fourth-order valence-electron chi connectivity index (χ4n) is 4.01. The van der Waals surface area contributed by atoms with Gasteiger partial charge in [0, 0.05) is 19.6 Å². The SMILES string of the molecule is CCCCN1C(=O)C(CO)NC(=O)C12CCN(C(=O)OCc1ccccc1)CC2. The highest BCUT2D eigenvalue weighted by Gasteiger charge is 2.53. The minimum Gasteiger partial charge on any atom is -0.445 e. The molecule has 2 saturated heterocycles. The first-order chi connectivity index (χ1) is 14.0. The van der Waals surface area contributed by atoms with Crippen molar-refractivity contribution in [2.75, 3.05) is 26.2 Å². The van der Waals surface area contributed by atoms with Crippen molar-refractivity contribution in [3.8, 4) is 0 Å². The molecule has 1 unspecified atom stereocenters. The molecule has 0 aliphatic carbocycles. The standard InChI is InChI=1S/C21H29N3O5/c1-2-3-11-24-18(26)17(14-25)22-19(27)21(24)9-12-23(13-10-21)20(28)29-15-16-7-5-4-6-8-16/h4-8,17,25H,2-3,9-15H2,1H3,(H,22,27). The van der Waals surface area contributed by atoms with Crippen LogP contribution in [0.5, 0.6) is 0 Å². The minimum atomic E-state index is -0.964. The van der Waals surface area contributed by atoms with Crippen LogP contribution in [0.15, 0.2) is 30.3 Å². The molecule has 3 rings (SSSR count). The summed E-state index contributed by atoms with van der Waals surface area (Å²) in [4.78, 5) is 41.3. The highest BCUT2D eigenvalue weighted by Crippen LogP contribution is 2.33. The number of hydrogen-bond acceptors (Lipinski definition) is 5. The molecule has 2 heterocycles. The van der Waals surface area contributed by atoms with Crippen molar-refractivity contribution in [3.63, 3.8) is 0 Å². The van der Waals surface area contributed by atoms with E-state index in [0.29, 0.717) is 32.5 Å². The summed E-state index contributed by atoms with van der Waals surface area (Å²) < 4.78 is 5.39. The van der Waals surface area contributed by atoms with Gasteiger partial charge in [-0.15, -0.1) is 0 Å². The number of carbonyl (C=O) groups excluding carboxylic acids is 3. The second-order valence-corrected chi connectivity index (χ2v) is 7.61. The van der Waals surface area contributed by atoms with Crippen LogP contribution < -0.4 is 5.32 Å². The Labute approximate surface area is 170 Å². The lowest BCUT2D eigenvalue weighted by atomic mass is 9.81. The summed E-state index contributed by atoms with van der Waals surface area (Å²) in [5, 5.41) is 12.1. The van der Waals surface area contributed by atoms with Gasteiger partial charge >= 0.3 is 6.09 Å². The molecule has 0 saturated carbocycles. The smallest absolute Gasteiger partial charge is 0.410 e. The van der Waals surface area contributed by atoms with Gasteiger partial charge in [0.15, 0.2) is 0 Å². The molecule has 0 bridgehead atoms. The first-order valence-corrected chi connectivity index (χ1v) is 10.2. The van der Waals surface area contributed by atoms with Crippen LogP contribution in [0, 0.1) is 0 Å². The maximum absolute atomic E-state index is 12.9. The molecule has 2 aliphatic heterocycles. The number of nitrogens with one attached hydrogen (secondary N) is 1. The van der Waals surface area contributed by atoms with Gasteiger partial charge < -0.3 is 25.0 Å². The lowest BCUT2D eigenvalue weighted by Crippen LogP contribution is -2.73. The van der Waals surface area contributed by atoms with Crippen LogP contribution in [0.2, 0.25) is 0 Å². The van der Waals surface area contributed by atoms with Crippen LogP contribution in [0.1, 0.15) is 38.2 Å².